The van der Waals surface area contributed by atoms with Crippen molar-refractivity contribution >= 4 is 16.9 Å². The fourth-order valence-electron chi connectivity index (χ4n) is 5.40. The molecule has 46 heavy (non-hydrogen) atoms. The molecule has 14 nitrogen and oxygen atoms in total. The highest BCUT2D eigenvalue weighted by atomic mass is 16.5. The number of fused-ring (bicyclic) bond motifs is 1. The molecule has 3 aromatic carbocycles. The first-order chi connectivity index (χ1) is 22.0. The van der Waals surface area contributed by atoms with Crippen LogP contribution in [0.25, 0.3) is 22.1 Å². The molecule has 0 spiro atoms. The van der Waals surface area contributed by atoms with Crippen LogP contribution in [0.4, 0.5) is 0 Å². The zero-order chi connectivity index (χ0) is 33.3. The van der Waals surface area contributed by atoms with Gasteiger partial charge in [-0.25, -0.2) is 4.79 Å². The Labute approximate surface area is 261 Å². The maximum absolute atomic E-state index is 13.6. The van der Waals surface area contributed by atoms with Crippen LogP contribution in [0.15, 0.2) is 57.9 Å². The third kappa shape index (κ3) is 5.92. The van der Waals surface area contributed by atoms with Crippen molar-refractivity contribution in [2.24, 2.45) is 5.92 Å². The molecule has 4 aromatic rings. The number of hydrogen-bond acceptors (Lipinski definition) is 14. The van der Waals surface area contributed by atoms with E-state index < -0.39 is 47.5 Å². The van der Waals surface area contributed by atoms with Crippen molar-refractivity contribution in [3.63, 3.8) is 0 Å². The van der Waals surface area contributed by atoms with Crippen LogP contribution in [0, 0.1) is 5.92 Å². The van der Waals surface area contributed by atoms with E-state index in [0.717, 1.165) is 6.26 Å². The Balaban J connectivity index is 1.43. The zero-order valence-electron chi connectivity index (χ0n) is 24.9. The molecule has 1 aliphatic carbocycles. The van der Waals surface area contributed by atoms with Gasteiger partial charge in [0, 0.05) is 12.0 Å². The van der Waals surface area contributed by atoms with Crippen LogP contribution in [0.5, 0.6) is 40.2 Å². The van der Waals surface area contributed by atoms with Crippen molar-refractivity contribution in [3.8, 4) is 51.4 Å². The van der Waals surface area contributed by atoms with E-state index in [4.69, 9.17) is 28.1 Å². The monoisotopic (exact) mass is 640 g/mol. The summed E-state index contributed by atoms with van der Waals surface area (Å²) in [4.78, 5) is 26.0. The van der Waals surface area contributed by atoms with Gasteiger partial charge >= 0.3 is 5.97 Å². The largest absolute Gasteiger partial charge is 0.508 e. The third-order valence-corrected chi connectivity index (χ3v) is 7.84. The van der Waals surface area contributed by atoms with Crippen molar-refractivity contribution in [1.29, 1.82) is 0 Å². The van der Waals surface area contributed by atoms with E-state index in [1.54, 1.807) is 0 Å². The van der Waals surface area contributed by atoms with Gasteiger partial charge in [0.25, 0.3) is 0 Å². The van der Waals surface area contributed by atoms with E-state index in [0.29, 0.717) is 0 Å². The number of benzene rings is 3. The molecule has 5 unspecified atom stereocenters. The molecule has 0 amide bonds. The number of methoxy groups -OCH3 is 3. The average molecular weight is 641 g/mol. The van der Waals surface area contributed by atoms with Gasteiger partial charge in [-0.05, 0) is 48.4 Å². The summed E-state index contributed by atoms with van der Waals surface area (Å²) in [6.07, 6.45) is -4.93. The van der Waals surface area contributed by atoms with Gasteiger partial charge in [-0.2, -0.15) is 0 Å². The van der Waals surface area contributed by atoms with Crippen molar-refractivity contribution in [2.75, 3.05) is 27.9 Å². The second-order valence-corrected chi connectivity index (χ2v) is 10.6. The summed E-state index contributed by atoms with van der Waals surface area (Å²) in [5.74, 6) is -2.81. The summed E-state index contributed by atoms with van der Waals surface area (Å²) in [6.45, 7) is -0.339. The highest BCUT2D eigenvalue weighted by Gasteiger charge is 2.45. The Morgan fingerprint density at radius 3 is 2.22 bits per heavy atom. The van der Waals surface area contributed by atoms with E-state index in [-0.39, 0.29) is 75.2 Å². The van der Waals surface area contributed by atoms with Crippen LogP contribution < -0.4 is 24.4 Å². The second kappa shape index (κ2) is 13.0. The normalized spacial score (nSPS) is 21.0. The standard InChI is InChI=1S/C32H32O14/c1-41-22-9-15(8-19(34)30(22)42-2)18-13-44-20-11-23(31(43-3)28(38)24(20)26(18)36)46-21-10-16(25(35)29(39)27(21)37)12-45-32(40)14-4-6-17(33)7-5-14/h4-9,11,13,16,21,25,27,29,33-35,37-39H,10,12H2,1-3H3. The van der Waals surface area contributed by atoms with Crippen LogP contribution in [0.1, 0.15) is 16.8 Å². The highest BCUT2D eigenvalue weighted by molar-refractivity contribution is 5.91. The molecule has 0 saturated heterocycles. The summed E-state index contributed by atoms with van der Waals surface area (Å²) in [6, 6.07) is 9.32. The molecular formula is C32H32O14. The lowest BCUT2D eigenvalue weighted by molar-refractivity contribution is -0.157. The van der Waals surface area contributed by atoms with Gasteiger partial charge in [0.2, 0.25) is 16.9 Å². The summed E-state index contributed by atoms with van der Waals surface area (Å²) in [5.41, 5.74) is -0.460. The molecule has 5 rings (SSSR count). The maximum atomic E-state index is 13.6. The summed E-state index contributed by atoms with van der Waals surface area (Å²) in [7, 11) is 3.92. The van der Waals surface area contributed by atoms with Gasteiger partial charge in [-0.15, -0.1) is 0 Å². The van der Waals surface area contributed by atoms with E-state index in [9.17, 15) is 40.2 Å². The molecule has 1 saturated carbocycles. The first kappa shape index (κ1) is 32.2. The average Bonchev–Trinajstić information content (AvgIpc) is 3.04. The van der Waals surface area contributed by atoms with Crippen molar-refractivity contribution < 1.29 is 63.5 Å². The highest BCUT2D eigenvalue weighted by Crippen LogP contribution is 2.45. The van der Waals surface area contributed by atoms with E-state index in [2.05, 4.69) is 0 Å². The Hall–Kier alpha value is -5.18. The first-order valence-electron chi connectivity index (χ1n) is 14.0. The number of hydrogen-bond donors (Lipinski definition) is 6. The van der Waals surface area contributed by atoms with Gasteiger partial charge in [-0.1, -0.05) is 0 Å². The van der Waals surface area contributed by atoms with Crippen LogP contribution in [-0.2, 0) is 4.74 Å². The number of aliphatic hydroxyl groups excluding tert-OH is 3. The fourth-order valence-corrected chi connectivity index (χ4v) is 5.40. The molecule has 1 fully saturated rings. The van der Waals surface area contributed by atoms with E-state index >= 15 is 0 Å². The van der Waals surface area contributed by atoms with Crippen LogP contribution in [-0.4, -0.2) is 89.0 Å². The van der Waals surface area contributed by atoms with Gasteiger partial charge in [-0.3, -0.25) is 4.79 Å². The zero-order valence-corrected chi connectivity index (χ0v) is 24.9. The number of carbonyl (C=O) groups is 1. The molecule has 1 aliphatic rings. The van der Waals surface area contributed by atoms with E-state index in [1.807, 2.05) is 0 Å². The van der Waals surface area contributed by atoms with Crippen LogP contribution in [0.2, 0.25) is 0 Å². The number of phenolic OH excluding ortho intramolecular Hbond substituents is 3. The Kier molecular flexibility index (Phi) is 9.14. The molecule has 14 heteroatoms. The minimum Gasteiger partial charge on any atom is -0.508 e. The van der Waals surface area contributed by atoms with Gasteiger partial charge in [0.05, 0.1) is 45.2 Å². The quantitative estimate of drug-likeness (QED) is 0.145. The number of carbonyl (C=O) groups excluding carboxylic acids is 1. The molecule has 6 N–H and O–H groups in total. The van der Waals surface area contributed by atoms with Gasteiger partial charge in [0.15, 0.2) is 23.0 Å². The van der Waals surface area contributed by atoms with Crippen LogP contribution >= 0.6 is 0 Å². The topological polar surface area (TPSA) is 215 Å². The third-order valence-electron chi connectivity index (χ3n) is 7.84. The number of aromatic hydroxyl groups is 3. The Bertz CT molecular complexity index is 1800. The SMILES string of the molecule is COc1cc(-c2coc3cc(OC4CC(COC(=O)c5ccc(O)cc5)C(O)C(O)C4O)c(OC)c(O)c3c2=O)cc(O)c1OC. The van der Waals surface area contributed by atoms with Crippen molar-refractivity contribution in [2.45, 2.75) is 30.8 Å². The molecule has 0 bridgehead atoms. The number of ether oxygens (including phenoxy) is 5. The number of esters is 1. The predicted octanol–water partition coefficient (Wildman–Crippen LogP) is 2.31. The smallest absolute Gasteiger partial charge is 0.338 e. The summed E-state index contributed by atoms with van der Waals surface area (Å²) in [5, 5.41) is 62.6. The lowest BCUT2D eigenvalue weighted by Gasteiger charge is -2.40. The van der Waals surface area contributed by atoms with Crippen molar-refractivity contribution in [3.05, 3.63) is 64.5 Å². The minimum atomic E-state index is -1.69. The van der Waals surface area contributed by atoms with Gasteiger partial charge in [0.1, 0.15) is 41.3 Å². The number of phenols is 3. The Morgan fingerprint density at radius 2 is 1.57 bits per heavy atom. The lowest BCUT2D eigenvalue weighted by Crippen LogP contribution is -2.56. The minimum absolute atomic E-state index is 0.0284. The second-order valence-electron chi connectivity index (χ2n) is 10.6. The molecule has 1 heterocycles. The Morgan fingerprint density at radius 1 is 0.870 bits per heavy atom. The molecule has 244 valence electrons. The number of rotatable bonds is 9. The maximum Gasteiger partial charge on any atom is 0.338 e. The first-order valence-corrected chi connectivity index (χ1v) is 14.0. The lowest BCUT2D eigenvalue weighted by atomic mass is 9.81. The predicted molar refractivity (Wildman–Crippen MR) is 160 cm³/mol. The molecule has 1 aromatic heterocycles. The summed E-state index contributed by atoms with van der Waals surface area (Å²) >= 11 is 0. The fraction of sp³-hybridized carbons (Fsp3) is 0.312. The van der Waals surface area contributed by atoms with Crippen LogP contribution in [0.3, 0.4) is 0 Å². The molecule has 5 atom stereocenters. The van der Waals surface area contributed by atoms with E-state index in [1.165, 1.54) is 63.8 Å². The van der Waals surface area contributed by atoms with Crippen molar-refractivity contribution in [1.82, 2.24) is 0 Å². The number of aliphatic hydroxyl groups is 3. The molecule has 0 aliphatic heterocycles. The van der Waals surface area contributed by atoms with Gasteiger partial charge < -0.3 is 58.7 Å². The molecule has 0 radical (unpaired) electrons. The summed E-state index contributed by atoms with van der Waals surface area (Å²) < 4.78 is 32.7. The molecular weight excluding hydrogens is 608 g/mol.